The summed E-state index contributed by atoms with van der Waals surface area (Å²) < 4.78 is 1.32. The predicted molar refractivity (Wildman–Crippen MR) is 241 cm³/mol. The van der Waals surface area contributed by atoms with Gasteiger partial charge in [0, 0.05) is 6.42 Å². The Bertz CT molecular complexity index is 620. The number of unbranched alkanes of at least 4 members (excludes halogenated alkanes) is 38. The molecule has 0 spiro atoms. The molecule has 0 fully saturated rings. The van der Waals surface area contributed by atoms with Crippen LogP contribution in [0.2, 0.25) is 0 Å². The van der Waals surface area contributed by atoms with Crippen LogP contribution in [0, 0.1) is 0 Å². The standard InChI is InChI=1S/C51H106N/c1-7-10-13-16-19-22-25-28-31-34-37-40-43-46-49-52(6,50-47-44-41-38-35-32-29-26-23-20-17-14-11-8-2)51(4,5)48-45-42-39-36-33-30-27-24-21-18-15-12-9-3/h7-50H2,1-6H3/q+1. The average molecular weight is 733 g/mol. The minimum Gasteiger partial charge on any atom is -0.322 e. The smallest absolute Gasteiger partial charge is 0.0933 e. The van der Waals surface area contributed by atoms with Gasteiger partial charge in [0.05, 0.1) is 25.7 Å². The Morgan fingerprint density at radius 2 is 0.423 bits per heavy atom. The third-order valence-corrected chi connectivity index (χ3v) is 13.4. The quantitative estimate of drug-likeness (QED) is 0.0432. The fourth-order valence-corrected chi connectivity index (χ4v) is 8.87. The van der Waals surface area contributed by atoms with E-state index in [1.54, 1.807) is 0 Å². The molecule has 1 nitrogen and oxygen atoms in total. The second-order valence-electron chi connectivity index (χ2n) is 18.8. The molecule has 0 radical (unpaired) electrons. The summed E-state index contributed by atoms with van der Waals surface area (Å²) in [6.45, 7) is 15.1. The highest BCUT2D eigenvalue weighted by molar-refractivity contribution is 4.71. The Morgan fingerprint density at radius 3 is 0.635 bits per heavy atom. The van der Waals surface area contributed by atoms with Crippen molar-refractivity contribution < 1.29 is 4.48 Å². The van der Waals surface area contributed by atoms with Crippen LogP contribution in [-0.4, -0.2) is 30.2 Å². The topological polar surface area (TPSA) is 0 Å². The van der Waals surface area contributed by atoms with E-state index in [1.165, 1.54) is 287 Å². The van der Waals surface area contributed by atoms with Crippen molar-refractivity contribution in [2.45, 2.75) is 310 Å². The van der Waals surface area contributed by atoms with Crippen molar-refractivity contribution in [3.8, 4) is 0 Å². The largest absolute Gasteiger partial charge is 0.322 e. The van der Waals surface area contributed by atoms with Crippen LogP contribution in [0.3, 0.4) is 0 Å². The van der Waals surface area contributed by atoms with Crippen LogP contribution < -0.4 is 0 Å². The van der Waals surface area contributed by atoms with E-state index in [4.69, 9.17) is 0 Å². The van der Waals surface area contributed by atoms with Gasteiger partial charge >= 0.3 is 0 Å². The molecular weight excluding hydrogens is 627 g/mol. The minimum absolute atomic E-state index is 0.408. The number of hydrogen-bond donors (Lipinski definition) is 0. The van der Waals surface area contributed by atoms with E-state index in [2.05, 4.69) is 41.7 Å². The van der Waals surface area contributed by atoms with Crippen molar-refractivity contribution >= 4 is 0 Å². The molecule has 0 N–H and O–H groups in total. The van der Waals surface area contributed by atoms with E-state index in [0.29, 0.717) is 5.54 Å². The lowest BCUT2D eigenvalue weighted by atomic mass is 9.90. The van der Waals surface area contributed by atoms with Crippen LogP contribution in [0.5, 0.6) is 0 Å². The van der Waals surface area contributed by atoms with Crippen LogP contribution in [0.25, 0.3) is 0 Å². The van der Waals surface area contributed by atoms with Crippen molar-refractivity contribution in [3.05, 3.63) is 0 Å². The summed E-state index contributed by atoms with van der Waals surface area (Å²) in [5.41, 5.74) is 0.408. The summed E-state index contributed by atoms with van der Waals surface area (Å²) in [4.78, 5) is 0. The second kappa shape index (κ2) is 40.6. The Kier molecular flexibility index (Phi) is 40.6. The third-order valence-electron chi connectivity index (χ3n) is 13.4. The monoisotopic (exact) mass is 733 g/mol. The van der Waals surface area contributed by atoms with Gasteiger partial charge in [-0.05, 0) is 46.0 Å². The molecule has 0 heterocycles. The van der Waals surface area contributed by atoms with Gasteiger partial charge in [-0.2, -0.15) is 0 Å². The second-order valence-corrected chi connectivity index (χ2v) is 18.8. The zero-order valence-corrected chi connectivity index (χ0v) is 38.1. The molecule has 0 unspecified atom stereocenters. The van der Waals surface area contributed by atoms with Gasteiger partial charge in [-0.3, -0.25) is 0 Å². The molecule has 52 heavy (non-hydrogen) atoms. The van der Waals surface area contributed by atoms with E-state index >= 15 is 0 Å². The summed E-state index contributed by atoms with van der Waals surface area (Å²) in [6.07, 6.45) is 61.3. The van der Waals surface area contributed by atoms with Gasteiger partial charge < -0.3 is 4.48 Å². The Hall–Kier alpha value is -0.0400. The first-order valence-electron chi connectivity index (χ1n) is 25.3. The zero-order chi connectivity index (χ0) is 38.1. The average Bonchev–Trinajstić information content (AvgIpc) is 3.13. The van der Waals surface area contributed by atoms with Gasteiger partial charge in [0.2, 0.25) is 0 Å². The maximum absolute atomic E-state index is 2.66. The summed E-state index contributed by atoms with van der Waals surface area (Å²) in [6, 6.07) is 0. The Morgan fingerprint density at radius 1 is 0.250 bits per heavy atom. The fraction of sp³-hybridized carbons (Fsp3) is 1.00. The summed E-state index contributed by atoms with van der Waals surface area (Å²) in [7, 11) is 2.66. The maximum Gasteiger partial charge on any atom is 0.0933 e. The first kappa shape index (κ1) is 52.0. The number of quaternary nitrogens is 1. The molecule has 0 amide bonds. The van der Waals surface area contributed by atoms with Gasteiger partial charge in [-0.1, -0.05) is 252 Å². The summed E-state index contributed by atoms with van der Waals surface area (Å²) in [5.74, 6) is 0. The molecule has 0 saturated carbocycles. The van der Waals surface area contributed by atoms with E-state index in [0.717, 1.165) is 0 Å². The van der Waals surface area contributed by atoms with E-state index in [-0.39, 0.29) is 0 Å². The fourth-order valence-electron chi connectivity index (χ4n) is 8.87. The normalized spacial score (nSPS) is 12.3. The Balaban J connectivity index is 4.36. The van der Waals surface area contributed by atoms with Gasteiger partial charge in [-0.25, -0.2) is 0 Å². The molecule has 0 aromatic rings. The lowest BCUT2D eigenvalue weighted by Crippen LogP contribution is -2.59. The number of nitrogens with zero attached hydrogens (tertiary/aromatic N) is 1. The van der Waals surface area contributed by atoms with Crippen molar-refractivity contribution in [1.82, 2.24) is 0 Å². The summed E-state index contributed by atoms with van der Waals surface area (Å²) >= 11 is 0. The molecular formula is C51H106N+. The van der Waals surface area contributed by atoms with Crippen LogP contribution in [0.4, 0.5) is 0 Å². The predicted octanol–water partition coefficient (Wildman–Crippen LogP) is 18.7. The highest BCUT2D eigenvalue weighted by Gasteiger charge is 2.38. The van der Waals surface area contributed by atoms with Crippen molar-refractivity contribution in [2.75, 3.05) is 20.1 Å². The van der Waals surface area contributed by atoms with Gasteiger partial charge in [0.1, 0.15) is 0 Å². The highest BCUT2D eigenvalue weighted by Crippen LogP contribution is 2.31. The molecule has 0 rings (SSSR count). The van der Waals surface area contributed by atoms with Crippen LogP contribution >= 0.6 is 0 Å². The highest BCUT2D eigenvalue weighted by atomic mass is 15.4. The zero-order valence-electron chi connectivity index (χ0n) is 38.1. The maximum atomic E-state index is 2.66. The minimum atomic E-state index is 0.408. The number of rotatable bonds is 45. The first-order valence-corrected chi connectivity index (χ1v) is 25.3. The lowest BCUT2D eigenvalue weighted by Gasteiger charge is -2.48. The molecule has 0 saturated heterocycles. The molecule has 0 aliphatic rings. The third kappa shape index (κ3) is 34.5. The molecule has 0 aromatic carbocycles. The van der Waals surface area contributed by atoms with Crippen molar-refractivity contribution in [1.29, 1.82) is 0 Å². The number of hydrogen-bond acceptors (Lipinski definition) is 0. The van der Waals surface area contributed by atoms with E-state index in [1.807, 2.05) is 0 Å². The molecule has 0 bridgehead atoms. The molecule has 1 heteroatoms. The molecule has 0 aromatic heterocycles. The van der Waals surface area contributed by atoms with Gasteiger partial charge in [-0.15, -0.1) is 0 Å². The van der Waals surface area contributed by atoms with Crippen LogP contribution in [0.15, 0.2) is 0 Å². The summed E-state index contributed by atoms with van der Waals surface area (Å²) in [5, 5.41) is 0. The van der Waals surface area contributed by atoms with Crippen LogP contribution in [-0.2, 0) is 0 Å². The van der Waals surface area contributed by atoms with Crippen molar-refractivity contribution in [3.63, 3.8) is 0 Å². The van der Waals surface area contributed by atoms with Crippen molar-refractivity contribution in [2.24, 2.45) is 0 Å². The Labute approximate surface area is 333 Å². The molecule has 0 atom stereocenters. The molecule has 314 valence electrons. The lowest BCUT2D eigenvalue weighted by molar-refractivity contribution is -0.956. The van der Waals surface area contributed by atoms with E-state index in [9.17, 15) is 0 Å². The molecule has 0 aliphatic carbocycles. The van der Waals surface area contributed by atoms with E-state index < -0.39 is 0 Å². The SMILES string of the molecule is CCCCCCCCCCCCCCCC[N+](C)(CCCCCCCCCCCCCCCC)C(C)(C)CCCCCCCCCCCCCCC. The van der Waals surface area contributed by atoms with Gasteiger partial charge in [0.15, 0.2) is 0 Å². The van der Waals surface area contributed by atoms with Gasteiger partial charge in [0.25, 0.3) is 0 Å². The molecule has 0 aliphatic heterocycles. The first-order chi connectivity index (χ1) is 25.4. The van der Waals surface area contributed by atoms with Crippen LogP contribution in [0.1, 0.15) is 304 Å².